The standard InChI is InChI=1S/C12H13N3O2/c1-2-8-13-9-11-12(16)17-14-15(11)10-6-4-3-5-7-10/h2-7,13H,1,8-9H2. The molecule has 0 radical (unpaired) electrons. The molecule has 0 atom stereocenters. The van der Waals surface area contributed by atoms with Crippen molar-refractivity contribution in [3.8, 4) is 11.6 Å². The Morgan fingerprint density at radius 2 is 2.18 bits per heavy atom. The van der Waals surface area contributed by atoms with Gasteiger partial charge in [-0.3, -0.25) is 0 Å². The van der Waals surface area contributed by atoms with Gasteiger partial charge in [-0.15, -0.1) is 6.58 Å². The lowest BCUT2D eigenvalue weighted by Gasteiger charge is -1.98. The van der Waals surface area contributed by atoms with Crippen LogP contribution in [0.4, 0.5) is 0 Å². The first-order chi connectivity index (χ1) is 8.33. The van der Waals surface area contributed by atoms with Crippen LogP contribution in [-0.2, 0) is 6.54 Å². The first-order valence-electron chi connectivity index (χ1n) is 5.28. The maximum atomic E-state index is 11.5. The van der Waals surface area contributed by atoms with Crippen molar-refractivity contribution in [2.45, 2.75) is 6.54 Å². The minimum atomic E-state index is -0.426. The fraction of sp³-hybridized carbons (Fsp3) is 0.167. The van der Waals surface area contributed by atoms with Gasteiger partial charge in [0.05, 0.1) is 11.8 Å². The summed E-state index contributed by atoms with van der Waals surface area (Å²) in [5.74, 6) is -0.426. The third kappa shape index (κ3) is 2.51. The molecule has 17 heavy (non-hydrogen) atoms. The van der Waals surface area contributed by atoms with Crippen LogP contribution >= 0.6 is 0 Å². The first-order valence-corrected chi connectivity index (χ1v) is 5.28. The molecule has 5 nitrogen and oxygen atoms in total. The summed E-state index contributed by atoms with van der Waals surface area (Å²) in [7, 11) is 0. The van der Waals surface area contributed by atoms with E-state index in [0.717, 1.165) is 5.69 Å². The number of rotatable bonds is 5. The number of nitrogens with zero attached hydrogens (tertiary/aromatic N) is 2. The van der Waals surface area contributed by atoms with Crippen molar-refractivity contribution in [3.05, 3.63) is 48.7 Å². The van der Waals surface area contributed by atoms with E-state index >= 15 is 0 Å². The second kappa shape index (κ2) is 5.27. The van der Waals surface area contributed by atoms with E-state index in [0.29, 0.717) is 18.8 Å². The quantitative estimate of drug-likeness (QED) is 0.456. The lowest BCUT2D eigenvalue weighted by molar-refractivity contribution is -0.677. The lowest BCUT2D eigenvalue weighted by Crippen LogP contribution is -2.38. The molecule has 0 aliphatic carbocycles. The van der Waals surface area contributed by atoms with Crippen LogP contribution in [0.15, 0.2) is 47.5 Å². The Labute approximate surface area is 99.0 Å². The van der Waals surface area contributed by atoms with Gasteiger partial charge in [-0.1, -0.05) is 24.3 Å². The largest absolute Gasteiger partial charge is 0.539 e. The van der Waals surface area contributed by atoms with E-state index in [9.17, 15) is 5.11 Å². The highest BCUT2D eigenvalue weighted by molar-refractivity contribution is 5.22. The molecule has 1 heterocycles. The van der Waals surface area contributed by atoms with Crippen LogP contribution in [0.3, 0.4) is 0 Å². The van der Waals surface area contributed by atoms with Gasteiger partial charge < -0.3 is 14.9 Å². The Hall–Kier alpha value is -2.14. The molecule has 0 bridgehead atoms. The highest BCUT2D eigenvalue weighted by Gasteiger charge is 2.18. The van der Waals surface area contributed by atoms with E-state index in [1.54, 1.807) is 6.08 Å². The lowest BCUT2D eigenvalue weighted by atomic mass is 10.3. The number of hydrogen-bond acceptors (Lipinski definition) is 4. The Bertz CT molecular complexity index is 494. The molecular formula is C12H13N3O2. The number of benzene rings is 1. The number of aromatic nitrogens is 2. The summed E-state index contributed by atoms with van der Waals surface area (Å²) >= 11 is 0. The van der Waals surface area contributed by atoms with Gasteiger partial charge in [0.1, 0.15) is 0 Å². The molecule has 5 heteroatoms. The van der Waals surface area contributed by atoms with Gasteiger partial charge in [0, 0.05) is 18.7 Å². The van der Waals surface area contributed by atoms with Gasteiger partial charge in [0.2, 0.25) is 5.69 Å². The van der Waals surface area contributed by atoms with Gasteiger partial charge in [-0.05, 0) is 4.68 Å². The summed E-state index contributed by atoms with van der Waals surface area (Å²) in [6.45, 7) is 4.61. The zero-order chi connectivity index (χ0) is 12.1. The molecule has 0 amide bonds. The van der Waals surface area contributed by atoms with Gasteiger partial charge >= 0.3 is 0 Å². The highest BCUT2D eigenvalue weighted by Crippen LogP contribution is 2.09. The molecular weight excluding hydrogens is 218 g/mol. The summed E-state index contributed by atoms with van der Waals surface area (Å²) in [6.07, 6.45) is 1.73. The molecule has 2 aromatic rings. The molecule has 88 valence electrons. The summed E-state index contributed by atoms with van der Waals surface area (Å²) in [5.41, 5.74) is 1.27. The maximum absolute atomic E-state index is 11.5. The second-order valence-electron chi connectivity index (χ2n) is 3.47. The smallest absolute Gasteiger partial charge is 0.253 e. The fourth-order valence-electron chi connectivity index (χ4n) is 1.48. The molecule has 1 aromatic carbocycles. The van der Waals surface area contributed by atoms with Crippen molar-refractivity contribution < 1.29 is 14.3 Å². The molecule has 1 N–H and O–H groups in total. The van der Waals surface area contributed by atoms with Crippen molar-refractivity contribution in [3.63, 3.8) is 0 Å². The SMILES string of the molecule is C=CCNCc1c([O-])on[n+]1-c1ccccc1. The molecule has 1 aromatic heterocycles. The van der Waals surface area contributed by atoms with E-state index in [-0.39, 0.29) is 0 Å². The van der Waals surface area contributed by atoms with Crippen LogP contribution in [0.25, 0.3) is 5.69 Å². The minimum absolute atomic E-state index is 0.392. The van der Waals surface area contributed by atoms with Crippen LogP contribution in [0.2, 0.25) is 0 Å². The number of para-hydroxylation sites is 1. The summed E-state index contributed by atoms with van der Waals surface area (Å²) in [4.78, 5) is 0. The molecule has 0 unspecified atom stereocenters. The zero-order valence-electron chi connectivity index (χ0n) is 9.30. The zero-order valence-corrected chi connectivity index (χ0v) is 9.30. The average molecular weight is 231 g/mol. The molecule has 0 aliphatic rings. The van der Waals surface area contributed by atoms with Crippen molar-refractivity contribution in [2.24, 2.45) is 0 Å². The van der Waals surface area contributed by atoms with E-state index in [2.05, 4.69) is 21.7 Å². The van der Waals surface area contributed by atoms with Gasteiger partial charge in [-0.2, -0.15) is 0 Å². The van der Waals surface area contributed by atoms with Crippen molar-refractivity contribution in [2.75, 3.05) is 6.54 Å². The third-order valence-electron chi connectivity index (χ3n) is 2.28. The Morgan fingerprint density at radius 3 is 2.88 bits per heavy atom. The summed E-state index contributed by atoms with van der Waals surface area (Å²) in [6, 6.07) is 9.38. The van der Waals surface area contributed by atoms with Crippen LogP contribution in [0.5, 0.6) is 5.95 Å². The second-order valence-corrected chi connectivity index (χ2v) is 3.47. The van der Waals surface area contributed by atoms with Crippen LogP contribution in [0, 0.1) is 0 Å². The van der Waals surface area contributed by atoms with E-state index in [4.69, 9.17) is 0 Å². The average Bonchev–Trinajstić information content (AvgIpc) is 2.73. The predicted molar refractivity (Wildman–Crippen MR) is 59.4 cm³/mol. The van der Waals surface area contributed by atoms with Crippen LogP contribution in [0.1, 0.15) is 5.69 Å². The summed E-state index contributed by atoms with van der Waals surface area (Å²) in [5, 5.41) is 18.3. The normalized spacial score (nSPS) is 10.4. The predicted octanol–water partition coefficient (Wildman–Crippen LogP) is 0.300. The summed E-state index contributed by atoms with van der Waals surface area (Å²) < 4.78 is 6.17. The Kier molecular flexibility index (Phi) is 3.52. The first kappa shape index (κ1) is 11.3. The van der Waals surface area contributed by atoms with Crippen LogP contribution in [-0.4, -0.2) is 11.8 Å². The highest BCUT2D eigenvalue weighted by atomic mass is 16.6. The molecule has 0 saturated carbocycles. The van der Waals surface area contributed by atoms with E-state index in [1.807, 2.05) is 30.3 Å². The molecule has 0 fully saturated rings. The van der Waals surface area contributed by atoms with Gasteiger partial charge in [0.15, 0.2) is 5.95 Å². The molecule has 0 aliphatic heterocycles. The monoisotopic (exact) mass is 231 g/mol. The van der Waals surface area contributed by atoms with E-state index in [1.165, 1.54) is 4.68 Å². The Morgan fingerprint density at radius 1 is 1.41 bits per heavy atom. The Balaban J connectivity index is 2.26. The number of hydrogen-bond donors (Lipinski definition) is 1. The van der Waals surface area contributed by atoms with Gasteiger partial charge in [0.25, 0.3) is 5.69 Å². The van der Waals surface area contributed by atoms with Crippen LogP contribution < -0.4 is 15.1 Å². The number of nitrogens with one attached hydrogen (secondary N) is 1. The van der Waals surface area contributed by atoms with Gasteiger partial charge in [-0.25, -0.2) is 0 Å². The third-order valence-corrected chi connectivity index (χ3v) is 2.28. The molecule has 0 spiro atoms. The fourth-order valence-corrected chi connectivity index (χ4v) is 1.48. The van der Waals surface area contributed by atoms with Crippen molar-refractivity contribution in [1.82, 2.24) is 10.6 Å². The molecule has 2 rings (SSSR count). The maximum Gasteiger partial charge on any atom is 0.253 e. The van der Waals surface area contributed by atoms with Crippen molar-refractivity contribution >= 4 is 0 Å². The van der Waals surface area contributed by atoms with E-state index < -0.39 is 5.95 Å². The minimum Gasteiger partial charge on any atom is -0.539 e. The topological polar surface area (TPSA) is 65.0 Å². The van der Waals surface area contributed by atoms with Crippen molar-refractivity contribution in [1.29, 1.82) is 0 Å². The molecule has 0 saturated heterocycles.